The van der Waals surface area contributed by atoms with Crippen LogP contribution >= 0.6 is 11.3 Å². The molecule has 238 valence electrons. The van der Waals surface area contributed by atoms with Crippen LogP contribution in [-0.4, -0.2) is 42.0 Å². The number of carboxylic acid groups (broad SMARTS) is 1. The van der Waals surface area contributed by atoms with Gasteiger partial charge in [0, 0.05) is 11.6 Å². The summed E-state index contributed by atoms with van der Waals surface area (Å²) in [5.74, 6) is -1.02. The Hall–Kier alpha value is -2.51. The van der Waals surface area contributed by atoms with E-state index in [9.17, 15) is 36.3 Å². The Balaban J connectivity index is 1.68. The summed E-state index contributed by atoms with van der Waals surface area (Å²) in [4.78, 5) is 29.0. The van der Waals surface area contributed by atoms with Crippen LogP contribution in [0.25, 0.3) is 10.4 Å². The molecule has 0 unspecified atom stereocenters. The van der Waals surface area contributed by atoms with Gasteiger partial charge in [-0.3, -0.25) is 9.59 Å². The van der Waals surface area contributed by atoms with Gasteiger partial charge in [0.1, 0.15) is 0 Å². The molecule has 8 nitrogen and oxygen atoms in total. The van der Waals surface area contributed by atoms with Crippen LogP contribution in [0, 0.1) is 11.3 Å². The Labute approximate surface area is 254 Å². The van der Waals surface area contributed by atoms with Crippen molar-refractivity contribution in [2.24, 2.45) is 11.3 Å². The molecule has 2 aliphatic rings. The van der Waals surface area contributed by atoms with E-state index in [-0.39, 0.29) is 22.5 Å². The fourth-order valence-corrected chi connectivity index (χ4v) is 8.54. The summed E-state index contributed by atoms with van der Waals surface area (Å²) in [5, 5.41) is 12.6. The number of carbonyl (C=O) groups is 2. The van der Waals surface area contributed by atoms with Gasteiger partial charge in [0.25, 0.3) is 5.91 Å². The van der Waals surface area contributed by atoms with Crippen LogP contribution in [0.5, 0.6) is 0 Å². The molecular formula is C30H40F3N3O5S2. The van der Waals surface area contributed by atoms with E-state index >= 15 is 0 Å². The lowest BCUT2D eigenvalue weighted by atomic mass is 9.74. The lowest BCUT2D eigenvalue weighted by Crippen LogP contribution is -2.42. The monoisotopic (exact) mass is 643 g/mol. The molecular weight excluding hydrogens is 603 g/mol. The molecule has 4 rings (SSSR count). The number of hydrogen-bond donors (Lipinski definition) is 3. The van der Waals surface area contributed by atoms with Crippen LogP contribution in [0.3, 0.4) is 0 Å². The van der Waals surface area contributed by atoms with Crippen LogP contribution < -0.4 is 10.0 Å². The zero-order chi connectivity index (χ0) is 31.8. The van der Waals surface area contributed by atoms with E-state index in [4.69, 9.17) is 0 Å². The Bertz CT molecular complexity index is 1450. The van der Waals surface area contributed by atoms with Crippen molar-refractivity contribution < 1.29 is 36.3 Å². The molecule has 1 heterocycles. The highest BCUT2D eigenvalue weighted by Crippen LogP contribution is 2.41. The Kier molecular flexibility index (Phi) is 9.68. The fourth-order valence-electron chi connectivity index (χ4n) is 5.92. The standard InChI is InChI=1S/C30H40F3N3O5S2/c1-28(2,3)36-43(40,41)23-11-10-19(17-21(23)30(31,32)33)24-22(16-18-8-6-5-7-9-18)35-26(42-24)25(37)34-20-12-14-29(4,15-13-20)27(38)39/h10-11,17-18,20,36H,5-9,12-16H2,1-4H3,(H,34,37)(H,38,39)/t20-,29-. The van der Waals surface area contributed by atoms with Crippen LogP contribution in [0.15, 0.2) is 23.1 Å². The summed E-state index contributed by atoms with van der Waals surface area (Å²) in [6, 6.07) is 2.92. The number of thiazole rings is 1. The summed E-state index contributed by atoms with van der Waals surface area (Å²) in [6.07, 6.45) is 2.56. The van der Waals surface area contributed by atoms with Crippen LogP contribution in [0.1, 0.15) is 107 Å². The summed E-state index contributed by atoms with van der Waals surface area (Å²) < 4.78 is 71.0. The second-order valence-electron chi connectivity index (χ2n) is 13.2. The highest BCUT2D eigenvalue weighted by molar-refractivity contribution is 7.89. The zero-order valence-electron chi connectivity index (χ0n) is 24.9. The molecule has 1 aromatic carbocycles. The van der Waals surface area contributed by atoms with E-state index in [0.29, 0.717) is 42.7 Å². The maximum absolute atomic E-state index is 14.3. The quantitative estimate of drug-likeness (QED) is 0.291. The SMILES string of the molecule is CC(C)(C)NS(=O)(=O)c1ccc(-c2sc(C(=O)N[C@H]3CC[C@](C)(C(=O)O)CC3)nc2CC2CCCCC2)cc1C(F)(F)F. The summed E-state index contributed by atoms with van der Waals surface area (Å²) in [5.41, 5.74) is -2.42. The van der Waals surface area contributed by atoms with E-state index in [1.165, 1.54) is 6.07 Å². The molecule has 1 amide bonds. The van der Waals surface area contributed by atoms with Crippen molar-refractivity contribution in [1.29, 1.82) is 0 Å². The Morgan fingerprint density at radius 2 is 1.70 bits per heavy atom. The van der Waals surface area contributed by atoms with Gasteiger partial charge in [-0.1, -0.05) is 38.2 Å². The smallest absolute Gasteiger partial charge is 0.417 e. The molecule has 2 fully saturated rings. The first-order valence-electron chi connectivity index (χ1n) is 14.7. The minimum atomic E-state index is -4.95. The molecule has 13 heteroatoms. The molecule has 43 heavy (non-hydrogen) atoms. The van der Waals surface area contributed by atoms with Crippen LogP contribution in [-0.2, 0) is 27.4 Å². The molecule has 0 atom stereocenters. The molecule has 0 bridgehead atoms. The van der Waals surface area contributed by atoms with Crippen molar-refractivity contribution in [1.82, 2.24) is 15.0 Å². The predicted octanol–water partition coefficient (Wildman–Crippen LogP) is 6.79. The summed E-state index contributed by atoms with van der Waals surface area (Å²) >= 11 is 0.996. The number of aliphatic carboxylic acids is 1. The number of carboxylic acids is 1. The largest absolute Gasteiger partial charge is 0.481 e. The average molecular weight is 644 g/mol. The first-order valence-corrected chi connectivity index (χ1v) is 17.0. The minimum absolute atomic E-state index is 0.118. The summed E-state index contributed by atoms with van der Waals surface area (Å²) in [7, 11) is -4.49. The van der Waals surface area contributed by atoms with Gasteiger partial charge in [-0.2, -0.15) is 13.2 Å². The lowest BCUT2D eigenvalue weighted by Gasteiger charge is -2.34. The zero-order valence-corrected chi connectivity index (χ0v) is 26.6. The topological polar surface area (TPSA) is 125 Å². The van der Waals surface area contributed by atoms with E-state index in [0.717, 1.165) is 55.6 Å². The number of hydrogen-bond acceptors (Lipinski definition) is 6. The van der Waals surface area contributed by atoms with E-state index in [2.05, 4.69) is 15.0 Å². The first kappa shape index (κ1) is 33.4. The lowest BCUT2D eigenvalue weighted by molar-refractivity contribution is -0.150. The van der Waals surface area contributed by atoms with E-state index in [1.807, 2.05) is 0 Å². The molecule has 3 N–H and O–H groups in total. The predicted molar refractivity (Wildman–Crippen MR) is 158 cm³/mol. The molecule has 1 aromatic heterocycles. The number of nitrogens with one attached hydrogen (secondary N) is 2. The third-order valence-corrected chi connectivity index (χ3v) is 11.3. The minimum Gasteiger partial charge on any atom is -0.481 e. The van der Waals surface area contributed by atoms with Crippen molar-refractivity contribution >= 4 is 33.2 Å². The van der Waals surface area contributed by atoms with Gasteiger partial charge in [-0.15, -0.1) is 11.3 Å². The number of amides is 1. The molecule has 2 aliphatic carbocycles. The van der Waals surface area contributed by atoms with Gasteiger partial charge < -0.3 is 10.4 Å². The van der Waals surface area contributed by atoms with Crippen molar-refractivity contribution in [2.45, 2.75) is 115 Å². The third kappa shape index (κ3) is 8.16. The van der Waals surface area contributed by atoms with Gasteiger partial charge >= 0.3 is 12.1 Å². The number of aromatic nitrogens is 1. The fraction of sp³-hybridized carbons (Fsp3) is 0.633. The Morgan fingerprint density at radius 1 is 1.07 bits per heavy atom. The second-order valence-corrected chi connectivity index (χ2v) is 15.8. The average Bonchev–Trinajstić information content (AvgIpc) is 3.32. The van der Waals surface area contributed by atoms with Gasteiger partial charge in [-0.25, -0.2) is 18.1 Å². The van der Waals surface area contributed by atoms with E-state index in [1.54, 1.807) is 27.7 Å². The molecule has 2 aromatic rings. The molecule has 0 saturated heterocycles. The highest BCUT2D eigenvalue weighted by Gasteiger charge is 2.40. The van der Waals surface area contributed by atoms with Gasteiger partial charge in [-0.05, 0) is 83.4 Å². The molecule has 0 radical (unpaired) electrons. The molecule has 0 aliphatic heterocycles. The first-order chi connectivity index (χ1) is 19.9. The second kappa shape index (κ2) is 12.5. The van der Waals surface area contributed by atoms with Crippen LogP contribution in [0.4, 0.5) is 13.2 Å². The van der Waals surface area contributed by atoms with Gasteiger partial charge in [0.2, 0.25) is 10.0 Å². The van der Waals surface area contributed by atoms with Gasteiger partial charge in [0.05, 0.1) is 26.4 Å². The number of halogens is 3. The third-order valence-electron chi connectivity index (χ3n) is 8.32. The number of nitrogens with zero attached hydrogens (tertiary/aromatic N) is 1. The summed E-state index contributed by atoms with van der Waals surface area (Å²) in [6.45, 7) is 6.34. The van der Waals surface area contributed by atoms with Crippen molar-refractivity contribution in [3.63, 3.8) is 0 Å². The number of sulfonamides is 1. The Morgan fingerprint density at radius 3 is 2.26 bits per heavy atom. The number of alkyl halides is 3. The maximum atomic E-state index is 14.3. The highest BCUT2D eigenvalue weighted by atomic mass is 32.2. The van der Waals surface area contributed by atoms with Crippen molar-refractivity contribution in [2.75, 3.05) is 0 Å². The van der Waals surface area contributed by atoms with Gasteiger partial charge in [0.15, 0.2) is 5.01 Å². The number of rotatable bonds is 8. The molecule has 2 saturated carbocycles. The number of benzene rings is 1. The van der Waals surface area contributed by atoms with E-state index < -0.39 is 49.5 Å². The van der Waals surface area contributed by atoms with Crippen molar-refractivity contribution in [3.05, 3.63) is 34.5 Å². The van der Waals surface area contributed by atoms with Crippen LogP contribution in [0.2, 0.25) is 0 Å². The molecule has 0 spiro atoms. The van der Waals surface area contributed by atoms with Crippen molar-refractivity contribution in [3.8, 4) is 10.4 Å². The normalized spacial score (nSPS) is 22.3. The maximum Gasteiger partial charge on any atom is 0.417 e. The number of carbonyl (C=O) groups excluding carboxylic acids is 1.